The fraction of sp³-hybridized carbons (Fsp3) is 0.929. The third-order valence-corrected chi connectivity index (χ3v) is 3.78. The maximum absolute atomic E-state index is 11.6. The lowest BCUT2D eigenvalue weighted by molar-refractivity contribution is -0.121. The number of rotatable bonds is 7. The Morgan fingerprint density at radius 3 is 2.88 bits per heavy atom. The molecule has 1 heterocycles. The Hall–Kier alpha value is -0.570. The van der Waals surface area contributed by atoms with E-state index in [4.69, 9.17) is 0 Å². The molecule has 1 aliphatic rings. The zero-order valence-electron chi connectivity index (χ0n) is 11.4. The highest BCUT2D eigenvalue weighted by molar-refractivity contribution is 5.75. The molecule has 0 bridgehead atoms. The topological polar surface area (TPSA) is 41.1 Å². The van der Waals surface area contributed by atoms with Crippen molar-refractivity contribution in [2.75, 3.05) is 19.6 Å². The molecule has 1 saturated heterocycles. The molecule has 100 valence electrons. The summed E-state index contributed by atoms with van der Waals surface area (Å²) in [6.45, 7) is 7.52. The van der Waals surface area contributed by atoms with Gasteiger partial charge in [0.05, 0.1) is 0 Å². The second-order valence-electron chi connectivity index (χ2n) is 5.34. The molecular weight excluding hydrogens is 212 g/mol. The molecule has 1 aliphatic heterocycles. The highest BCUT2D eigenvalue weighted by Gasteiger charge is 2.21. The van der Waals surface area contributed by atoms with Gasteiger partial charge >= 0.3 is 0 Å². The average Bonchev–Trinajstić information content (AvgIpc) is 2.34. The van der Waals surface area contributed by atoms with Crippen LogP contribution in [0.4, 0.5) is 0 Å². The van der Waals surface area contributed by atoms with Gasteiger partial charge in [0, 0.05) is 13.0 Å². The first-order chi connectivity index (χ1) is 8.24. The fourth-order valence-electron chi connectivity index (χ4n) is 2.42. The number of hydrogen-bond donors (Lipinski definition) is 2. The second kappa shape index (κ2) is 8.51. The van der Waals surface area contributed by atoms with Gasteiger partial charge in [0.15, 0.2) is 0 Å². The van der Waals surface area contributed by atoms with Crippen molar-refractivity contribution in [2.24, 2.45) is 11.8 Å². The van der Waals surface area contributed by atoms with Crippen molar-refractivity contribution in [3.63, 3.8) is 0 Å². The molecule has 0 aromatic carbocycles. The lowest BCUT2D eigenvalue weighted by Crippen LogP contribution is -2.41. The number of carbonyl (C=O) groups is 1. The van der Waals surface area contributed by atoms with Crippen LogP contribution in [0.25, 0.3) is 0 Å². The number of unbranched alkanes of at least 4 members (excludes halogenated alkanes) is 3. The third-order valence-electron chi connectivity index (χ3n) is 3.78. The number of piperidine rings is 1. The summed E-state index contributed by atoms with van der Waals surface area (Å²) < 4.78 is 0. The molecule has 3 heteroatoms. The summed E-state index contributed by atoms with van der Waals surface area (Å²) in [5.74, 6) is 1.59. The molecule has 0 spiro atoms. The van der Waals surface area contributed by atoms with Gasteiger partial charge in [-0.3, -0.25) is 4.79 Å². The van der Waals surface area contributed by atoms with Crippen molar-refractivity contribution in [2.45, 2.75) is 52.4 Å². The average molecular weight is 240 g/mol. The van der Waals surface area contributed by atoms with E-state index in [1.807, 2.05) is 0 Å². The smallest absolute Gasteiger partial charge is 0.220 e. The minimum atomic E-state index is 0.242. The quantitative estimate of drug-likeness (QED) is 0.671. The number of hydrogen-bond acceptors (Lipinski definition) is 2. The van der Waals surface area contributed by atoms with Crippen LogP contribution >= 0.6 is 0 Å². The van der Waals surface area contributed by atoms with Crippen LogP contribution in [0.5, 0.6) is 0 Å². The molecule has 3 nitrogen and oxygen atoms in total. The number of carbonyl (C=O) groups excluding carboxylic acids is 1. The van der Waals surface area contributed by atoms with Crippen molar-refractivity contribution in [3.05, 3.63) is 0 Å². The van der Waals surface area contributed by atoms with Crippen LogP contribution in [0.3, 0.4) is 0 Å². The van der Waals surface area contributed by atoms with Crippen LogP contribution in [-0.4, -0.2) is 25.5 Å². The summed E-state index contributed by atoms with van der Waals surface area (Å²) in [4.78, 5) is 11.6. The van der Waals surface area contributed by atoms with Gasteiger partial charge in [-0.2, -0.15) is 0 Å². The first kappa shape index (κ1) is 14.5. The SMILES string of the molecule is CCCCCCC(=O)NCC1CCNCC1C. The van der Waals surface area contributed by atoms with Gasteiger partial charge in [-0.25, -0.2) is 0 Å². The maximum atomic E-state index is 11.6. The molecule has 2 N–H and O–H groups in total. The van der Waals surface area contributed by atoms with Gasteiger partial charge in [0.2, 0.25) is 5.91 Å². The molecule has 0 radical (unpaired) electrons. The van der Waals surface area contributed by atoms with Crippen molar-refractivity contribution in [1.82, 2.24) is 10.6 Å². The number of nitrogens with one attached hydrogen (secondary N) is 2. The minimum absolute atomic E-state index is 0.242. The van der Waals surface area contributed by atoms with Gasteiger partial charge in [-0.1, -0.05) is 33.1 Å². The van der Waals surface area contributed by atoms with Gasteiger partial charge < -0.3 is 10.6 Å². The van der Waals surface area contributed by atoms with Crippen molar-refractivity contribution >= 4 is 5.91 Å². The Morgan fingerprint density at radius 2 is 2.18 bits per heavy atom. The number of amides is 1. The van der Waals surface area contributed by atoms with Crippen molar-refractivity contribution < 1.29 is 4.79 Å². The van der Waals surface area contributed by atoms with Gasteiger partial charge in [-0.15, -0.1) is 0 Å². The molecule has 17 heavy (non-hydrogen) atoms. The van der Waals surface area contributed by atoms with E-state index in [0.29, 0.717) is 18.3 Å². The Morgan fingerprint density at radius 1 is 1.35 bits per heavy atom. The maximum Gasteiger partial charge on any atom is 0.220 e. The van der Waals surface area contributed by atoms with E-state index in [1.54, 1.807) is 0 Å². The molecule has 1 fully saturated rings. The molecule has 2 unspecified atom stereocenters. The Balaban J connectivity index is 2.06. The monoisotopic (exact) mass is 240 g/mol. The molecule has 2 atom stereocenters. The van der Waals surface area contributed by atoms with E-state index in [0.717, 1.165) is 26.1 Å². The lowest BCUT2D eigenvalue weighted by atomic mass is 9.88. The molecule has 0 aromatic heterocycles. The molecule has 1 amide bonds. The van der Waals surface area contributed by atoms with Gasteiger partial charge in [0.1, 0.15) is 0 Å². The highest BCUT2D eigenvalue weighted by atomic mass is 16.1. The van der Waals surface area contributed by atoms with Crippen molar-refractivity contribution in [3.8, 4) is 0 Å². The van der Waals surface area contributed by atoms with Crippen LogP contribution in [0.2, 0.25) is 0 Å². The Bertz CT molecular complexity index is 218. The predicted octanol–water partition coefficient (Wildman–Crippen LogP) is 2.32. The summed E-state index contributed by atoms with van der Waals surface area (Å²) in [6, 6.07) is 0. The summed E-state index contributed by atoms with van der Waals surface area (Å²) in [7, 11) is 0. The van der Waals surface area contributed by atoms with Crippen LogP contribution in [0.15, 0.2) is 0 Å². The largest absolute Gasteiger partial charge is 0.356 e. The fourth-order valence-corrected chi connectivity index (χ4v) is 2.42. The van der Waals surface area contributed by atoms with Crippen LogP contribution < -0.4 is 10.6 Å². The summed E-state index contributed by atoms with van der Waals surface area (Å²) in [5.41, 5.74) is 0. The zero-order chi connectivity index (χ0) is 12.5. The van der Waals surface area contributed by atoms with Crippen molar-refractivity contribution in [1.29, 1.82) is 0 Å². The van der Waals surface area contributed by atoms with Crippen LogP contribution in [-0.2, 0) is 4.79 Å². The first-order valence-electron chi connectivity index (χ1n) is 7.21. The molecule has 0 aliphatic carbocycles. The molecular formula is C14H28N2O. The first-order valence-corrected chi connectivity index (χ1v) is 7.21. The summed E-state index contributed by atoms with van der Waals surface area (Å²) in [5, 5.41) is 6.48. The Kier molecular flexibility index (Phi) is 7.25. The van der Waals surface area contributed by atoms with Crippen LogP contribution in [0.1, 0.15) is 52.4 Å². The van der Waals surface area contributed by atoms with E-state index >= 15 is 0 Å². The summed E-state index contributed by atoms with van der Waals surface area (Å²) in [6.07, 6.45) is 6.61. The summed E-state index contributed by atoms with van der Waals surface area (Å²) >= 11 is 0. The van der Waals surface area contributed by atoms with E-state index in [1.165, 1.54) is 25.7 Å². The lowest BCUT2D eigenvalue weighted by Gasteiger charge is -2.29. The zero-order valence-corrected chi connectivity index (χ0v) is 11.4. The van der Waals surface area contributed by atoms with E-state index in [-0.39, 0.29) is 5.91 Å². The van der Waals surface area contributed by atoms with Gasteiger partial charge in [0.25, 0.3) is 0 Å². The van der Waals surface area contributed by atoms with E-state index in [9.17, 15) is 4.79 Å². The standard InChI is InChI=1S/C14H28N2O/c1-3-4-5-6-7-14(17)16-11-13-8-9-15-10-12(13)2/h12-13,15H,3-11H2,1-2H3,(H,16,17). The minimum Gasteiger partial charge on any atom is -0.356 e. The molecule has 1 rings (SSSR count). The van der Waals surface area contributed by atoms with E-state index < -0.39 is 0 Å². The molecule has 0 saturated carbocycles. The van der Waals surface area contributed by atoms with Gasteiger partial charge in [-0.05, 0) is 37.8 Å². The van der Waals surface area contributed by atoms with Crippen LogP contribution in [0, 0.1) is 11.8 Å². The Labute approximate surface area is 106 Å². The highest BCUT2D eigenvalue weighted by Crippen LogP contribution is 2.17. The van der Waals surface area contributed by atoms with E-state index in [2.05, 4.69) is 24.5 Å². The third kappa shape index (κ3) is 6.06. The predicted molar refractivity (Wildman–Crippen MR) is 71.9 cm³/mol. The normalized spacial score (nSPS) is 24.6. The molecule has 0 aromatic rings. The second-order valence-corrected chi connectivity index (χ2v) is 5.34.